The molecule has 2 aromatic rings. The van der Waals surface area contributed by atoms with Crippen molar-refractivity contribution in [3.63, 3.8) is 0 Å². The fourth-order valence-corrected chi connectivity index (χ4v) is 3.08. The molecule has 2 atom stereocenters. The molecular formula is C19H17BrF4N4O2. The van der Waals surface area contributed by atoms with E-state index in [1.54, 1.807) is 6.07 Å². The highest BCUT2D eigenvalue weighted by molar-refractivity contribution is 9.10. The number of hydrogen-bond donors (Lipinski definition) is 2. The molecule has 160 valence electrons. The first-order valence-corrected chi connectivity index (χ1v) is 9.44. The van der Waals surface area contributed by atoms with Crippen LogP contribution in [0.25, 0.3) is 0 Å². The largest absolute Gasteiger partial charge is 0.424 e. The number of nitrogens with zero attached hydrogens (tertiary/aromatic N) is 2. The first-order valence-electron chi connectivity index (χ1n) is 8.65. The standard InChI is InChI=1S/C19H17BrF4N4O2/c1-17(9-30-18(2,16(25)28-17)19(22,23)24)12-7-11(4-5-13(12)21)27-15(29)14-6-3-10(20)8-26-14/h3-8H,9H2,1-2H3,(H2,25,28)(H,27,29)/t17-,18+/m0/s1. The van der Waals surface area contributed by atoms with E-state index in [1.807, 2.05) is 0 Å². The van der Waals surface area contributed by atoms with Crippen LogP contribution in [0.2, 0.25) is 0 Å². The number of nitrogens with two attached hydrogens (primary N) is 1. The summed E-state index contributed by atoms with van der Waals surface area (Å²) in [5, 5.41) is 2.57. The number of hydrogen-bond acceptors (Lipinski definition) is 5. The maximum Gasteiger partial charge on any atom is 0.424 e. The average Bonchev–Trinajstić information content (AvgIpc) is 2.66. The molecule has 0 radical (unpaired) electrons. The molecule has 1 aliphatic rings. The molecule has 0 fully saturated rings. The first kappa shape index (κ1) is 22.2. The van der Waals surface area contributed by atoms with Crippen LogP contribution in [-0.2, 0) is 10.3 Å². The molecule has 1 aromatic heterocycles. The number of alkyl halides is 3. The Kier molecular flexibility index (Phi) is 5.63. The van der Waals surface area contributed by atoms with E-state index >= 15 is 0 Å². The number of ether oxygens (including phenoxy) is 1. The molecule has 1 aromatic carbocycles. The molecule has 2 heterocycles. The fraction of sp³-hybridized carbons (Fsp3) is 0.316. The fourth-order valence-electron chi connectivity index (χ4n) is 2.85. The van der Waals surface area contributed by atoms with Crippen molar-refractivity contribution >= 4 is 33.4 Å². The van der Waals surface area contributed by atoms with Crippen molar-refractivity contribution in [2.45, 2.75) is 31.2 Å². The van der Waals surface area contributed by atoms with Crippen molar-refractivity contribution in [2.24, 2.45) is 10.7 Å². The Labute approximate surface area is 177 Å². The van der Waals surface area contributed by atoms with Gasteiger partial charge in [0, 0.05) is 21.9 Å². The number of carbonyl (C=O) groups is 1. The van der Waals surface area contributed by atoms with E-state index in [0.29, 0.717) is 4.47 Å². The van der Waals surface area contributed by atoms with Gasteiger partial charge in [-0.05, 0) is 60.1 Å². The van der Waals surface area contributed by atoms with Gasteiger partial charge < -0.3 is 15.8 Å². The number of halogens is 5. The quantitative estimate of drug-likeness (QED) is 0.634. The molecule has 1 aliphatic heterocycles. The van der Waals surface area contributed by atoms with Crippen LogP contribution in [0.1, 0.15) is 29.9 Å². The van der Waals surface area contributed by atoms with Gasteiger partial charge in [0.2, 0.25) is 5.60 Å². The third-order valence-corrected chi connectivity index (χ3v) is 5.27. The van der Waals surface area contributed by atoms with E-state index in [2.05, 4.69) is 31.2 Å². The predicted molar refractivity (Wildman–Crippen MR) is 106 cm³/mol. The lowest BCUT2D eigenvalue weighted by Crippen LogP contribution is -2.60. The maximum atomic E-state index is 14.5. The molecule has 3 rings (SSSR count). The first-order chi connectivity index (χ1) is 13.9. The molecular weight excluding hydrogens is 472 g/mol. The lowest BCUT2D eigenvalue weighted by molar-refractivity contribution is -0.249. The zero-order valence-corrected chi connectivity index (χ0v) is 17.4. The third-order valence-electron chi connectivity index (χ3n) is 4.80. The summed E-state index contributed by atoms with van der Waals surface area (Å²) in [5.41, 5.74) is 1.55. The van der Waals surface area contributed by atoms with Gasteiger partial charge in [-0.1, -0.05) is 0 Å². The summed E-state index contributed by atoms with van der Waals surface area (Å²) >= 11 is 3.21. The average molecular weight is 489 g/mol. The van der Waals surface area contributed by atoms with Gasteiger partial charge in [-0.3, -0.25) is 9.79 Å². The number of carbonyl (C=O) groups excluding carboxylic acids is 1. The molecule has 0 saturated heterocycles. The zero-order valence-electron chi connectivity index (χ0n) is 15.8. The summed E-state index contributed by atoms with van der Waals surface area (Å²) in [4.78, 5) is 20.2. The van der Waals surface area contributed by atoms with E-state index in [1.165, 1.54) is 31.3 Å². The van der Waals surface area contributed by atoms with Gasteiger partial charge in [0.25, 0.3) is 5.91 Å². The lowest BCUT2D eigenvalue weighted by atomic mass is 9.89. The van der Waals surface area contributed by atoms with Gasteiger partial charge in [-0.25, -0.2) is 9.37 Å². The smallest absolute Gasteiger partial charge is 0.385 e. The second-order valence-corrected chi connectivity index (χ2v) is 8.02. The number of aliphatic imine (C=N–C) groups is 1. The van der Waals surface area contributed by atoms with Gasteiger partial charge in [0.1, 0.15) is 22.9 Å². The Morgan fingerprint density at radius 1 is 1.27 bits per heavy atom. The molecule has 0 unspecified atom stereocenters. The summed E-state index contributed by atoms with van der Waals surface area (Å²) in [7, 11) is 0. The molecule has 30 heavy (non-hydrogen) atoms. The number of amidine groups is 1. The molecule has 11 heteroatoms. The van der Waals surface area contributed by atoms with Crippen molar-refractivity contribution < 1.29 is 27.1 Å². The lowest BCUT2D eigenvalue weighted by Gasteiger charge is -2.41. The van der Waals surface area contributed by atoms with Crippen LogP contribution in [0, 0.1) is 5.82 Å². The summed E-state index contributed by atoms with van der Waals surface area (Å²) in [6, 6.07) is 6.79. The van der Waals surface area contributed by atoms with Crippen molar-refractivity contribution in [1.29, 1.82) is 0 Å². The summed E-state index contributed by atoms with van der Waals surface area (Å²) in [6.07, 6.45) is -3.34. The number of amides is 1. The van der Waals surface area contributed by atoms with Crippen molar-refractivity contribution in [3.8, 4) is 0 Å². The number of anilines is 1. The molecule has 0 saturated carbocycles. The predicted octanol–water partition coefficient (Wildman–Crippen LogP) is 4.16. The summed E-state index contributed by atoms with van der Waals surface area (Å²) in [5.74, 6) is -2.08. The zero-order chi connectivity index (χ0) is 22.3. The van der Waals surface area contributed by atoms with Crippen LogP contribution in [0.3, 0.4) is 0 Å². The van der Waals surface area contributed by atoms with Crippen molar-refractivity contribution in [3.05, 3.63) is 58.1 Å². The SMILES string of the molecule is C[C@@]1(c2cc(NC(=O)c3ccc(Br)cn3)ccc2F)CO[C@@](C)(C(F)(F)F)C(N)=N1. The number of pyridine rings is 1. The van der Waals surface area contributed by atoms with Crippen LogP contribution in [0.5, 0.6) is 0 Å². The molecule has 3 N–H and O–H groups in total. The Balaban J connectivity index is 1.92. The molecule has 1 amide bonds. The van der Waals surface area contributed by atoms with Gasteiger partial charge >= 0.3 is 6.18 Å². The Morgan fingerprint density at radius 3 is 2.53 bits per heavy atom. The van der Waals surface area contributed by atoms with Crippen LogP contribution in [0.15, 0.2) is 46.0 Å². The Morgan fingerprint density at radius 2 is 1.97 bits per heavy atom. The monoisotopic (exact) mass is 488 g/mol. The van der Waals surface area contributed by atoms with E-state index in [4.69, 9.17) is 10.5 Å². The highest BCUT2D eigenvalue weighted by atomic mass is 79.9. The van der Waals surface area contributed by atoms with Gasteiger partial charge in [0.15, 0.2) is 0 Å². The normalized spacial score (nSPS) is 24.3. The van der Waals surface area contributed by atoms with Crippen LogP contribution >= 0.6 is 15.9 Å². The molecule has 0 bridgehead atoms. The third kappa shape index (κ3) is 4.04. The number of aromatic nitrogens is 1. The second kappa shape index (κ2) is 7.62. The van der Waals surface area contributed by atoms with E-state index in [9.17, 15) is 22.4 Å². The topological polar surface area (TPSA) is 89.6 Å². The van der Waals surface area contributed by atoms with E-state index in [0.717, 1.165) is 13.0 Å². The van der Waals surface area contributed by atoms with Gasteiger partial charge in [0.05, 0.1) is 6.61 Å². The summed E-state index contributed by atoms with van der Waals surface area (Å²) in [6.45, 7) is 1.60. The minimum absolute atomic E-state index is 0.0729. The van der Waals surface area contributed by atoms with Gasteiger partial charge in [-0.15, -0.1) is 0 Å². The number of nitrogens with one attached hydrogen (secondary N) is 1. The van der Waals surface area contributed by atoms with Crippen LogP contribution in [0.4, 0.5) is 23.2 Å². The minimum atomic E-state index is -4.78. The van der Waals surface area contributed by atoms with Crippen LogP contribution in [-0.4, -0.2) is 35.1 Å². The van der Waals surface area contributed by atoms with Crippen molar-refractivity contribution in [1.82, 2.24) is 4.98 Å². The minimum Gasteiger partial charge on any atom is -0.385 e. The number of benzene rings is 1. The van der Waals surface area contributed by atoms with Gasteiger partial charge in [-0.2, -0.15) is 13.2 Å². The number of rotatable bonds is 3. The van der Waals surface area contributed by atoms with Crippen molar-refractivity contribution in [2.75, 3.05) is 11.9 Å². The van der Waals surface area contributed by atoms with Crippen LogP contribution < -0.4 is 11.1 Å². The Hall–Kier alpha value is -2.53. The summed E-state index contributed by atoms with van der Waals surface area (Å²) < 4.78 is 60.1. The highest BCUT2D eigenvalue weighted by Gasteiger charge is 2.59. The maximum absolute atomic E-state index is 14.5. The molecule has 6 nitrogen and oxygen atoms in total. The Bertz CT molecular complexity index is 1010. The second-order valence-electron chi connectivity index (χ2n) is 7.10. The van der Waals surface area contributed by atoms with E-state index < -0.39 is 41.5 Å². The molecule has 0 spiro atoms. The highest BCUT2D eigenvalue weighted by Crippen LogP contribution is 2.41. The molecule has 0 aliphatic carbocycles. The van der Waals surface area contributed by atoms with E-state index in [-0.39, 0.29) is 16.9 Å².